The molecule has 1 unspecified atom stereocenters. The Morgan fingerprint density at radius 3 is 2.77 bits per heavy atom. The molecule has 5 rings (SSSR count). The van der Waals surface area contributed by atoms with Crippen LogP contribution in [0.2, 0.25) is 0 Å². The number of pyridine rings is 1. The lowest BCUT2D eigenvalue weighted by Crippen LogP contribution is -2.26. The number of thiophene rings is 1. The standard InChI is InChI=1S/C22H20F2N2O4S/c1-10-14-8-17(31-16(14)6-7-25-10)12-4-5-13-18(20(12)30-22(23)24)26(11-2-3-11)9-15(19(13)27)21(28)29/h4-5,8-11,22,25H,2-3,6-7H2,1H3,(H,28,29). The molecule has 0 saturated heterocycles. The van der Waals surface area contributed by atoms with Gasteiger partial charge in [-0.3, -0.25) is 4.79 Å². The van der Waals surface area contributed by atoms with Crippen molar-refractivity contribution in [2.24, 2.45) is 0 Å². The molecule has 1 aliphatic carbocycles. The van der Waals surface area contributed by atoms with Crippen molar-refractivity contribution in [3.63, 3.8) is 0 Å². The largest absolute Gasteiger partial charge is 0.477 e. The van der Waals surface area contributed by atoms with Gasteiger partial charge in [-0.1, -0.05) is 0 Å². The van der Waals surface area contributed by atoms with Gasteiger partial charge in [0.1, 0.15) is 5.56 Å². The summed E-state index contributed by atoms with van der Waals surface area (Å²) < 4.78 is 33.6. The second kappa shape index (κ2) is 7.42. The van der Waals surface area contributed by atoms with Gasteiger partial charge in [0, 0.05) is 40.1 Å². The first-order chi connectivity index (χ1) is 14.8. The van der Waals surface area contributed by atoms with E-state index in [0.29, 0.717) is 5.56 Å². The number of aromatic carboxylic acids is 1. The third-order valence-corrected chi connectivity index (χ3v) is 7.14. The summed E-state index contributed by atoms with van der Waals surface area (Å²) in [6.07, 6.45) is 3.69. The fourth-order valence-corrected chi connectivity index (χ4v) is 5.54. The molecule has 3 heterocycles. The number of hydrogen-bond donors (Lipinski definition) is 2. The highest BCUT2D eigenvalue weighted by Gasteiger charge is 2.30. The Balaban J connectivity index is 1.80. The molecule has 0 amide bonds. The molecule has 2 aliphatic rings. The average molecular weight is 446 g/mol. The van der Waals surface area contributed by atoms with E-state index in [0.717, 1.165) is 36.2 Å². The minimum absolute atomic E-state index is 0.0442. The maximum Gasteiger partial charge on any atom is 0.387 e. The molecule has 1 aliphatic heterocycles. The third kappa shape index (κ3) is 3.41. The summed E-state index contributed by atoms with van der Waals surface area (Å²) in [6.45, 7) is -0.170. The van der Waals surface area contributed by atoms with E-state index >= 15 is 0 Å². The number of benzene rings is 1. The highest BCUT2D eigenvalue weighted by molar-refractivity contribution is 7.15. The molecule has 31 heavy (non-hydrogen) atoms. The third-order valence-electron chi connectivity index (χ3n) is 5.90. The van der Waals surface area contributed by atoms with Gasteiger partial charge in [-0.15, -0.1) is 11.3 Å². The van der Waals surface area contributed by atoms with E-state index in [1.54, 1.807) is 10.6 Å². The summed E-state index contributed by atoms with van der Waals surface area (Å²) in [5.41, 5.74) is 0.772. The van der Waals surface area contributed by atoms with Crippen LogP contribution in [0, 0.1) is 0 Å². The van der Waals surface area contributed by atoms with Gasteiger partial charge >= 0.3 is 12.6 Å². The molecule has 1 saturated carbocycles. The van der Waals surface area contributed by atoms with Crippen molar-refractivity contribution in [1.29, 1.82) is 0 Å². The second-order valence-corrected chi connectivity index (χ2v) is 9.08. The number of aromatic nitrogens is 1. The van der Waals surface area contributed by atoms with Crippen molar-refractivity contribution in [1.82, 2.24) is 9.88 Å². The average Bonchev–Trinajstić information content (AvgIpc) is 3.46. The number of carboxylic acid groups (broad SMARTS) is 1. The number of alkyl halides is 2. The van der Waals surface area contributed by atoms with E-state index in [1.165, 1.54) is 28.5 Å². The number of rotatable bonds is 5. The molecule has 6 nitrogen and oxygen atoms in total. The predicted molar refractivity (Wildman–Crippen MR) is 114 cm³/mol. The Morgan fingerprint density at radius 1 is 1.35 bits per heavy atom. The topological polar surface area (TPSA) is 80.6 Å². The summed E-state index contributed by atoms with van der Waals surface area (Å²) in [5.74, 6) is -1.42. The van der Waals surface area contributed by atoms with Crippen LogP contribution in [-0.4, -0.2) is 28.8 Å². The molecule has 0 bridgehead atoms. The van der Waals surface area contributed by atoms with E-state index in [4.69, 9.17) is 4.74 Å². The lowest BCUT2D eigenvalue weighted by molar-refractivity contribution is -0.0486. The van der Waals surface area contributed by atoms with E-state index in [9.17, 15) is 23.5 Å². The number of carboxylic acids is 1. The molecular weight excluding hydrogens is 426 g/mol. The van der Waals surface area contributed by atoms with E-state index in [2.05, 4.69) is 12.2 Å². The zero-order valence-corrected chi connectivity index (χ0v) is 17.5. The Hall–Kier alpha value is -2.78. The van der Waals surface area contributed by atoms with E-state index in [1.807, 2.05) is 6.07 Å². The molecular formula is C22H20F2N2O4S. The Bertz CT molecular complexity index is 1260. The van der Waals surface area contributed by atoms with Crippen LogP contribution in [0.15, 0.2) is 29.2 Å². The smallest absolute Gasteiger partial charge is 0.387 e. The summed E-state index contributed by atoms with van der Waals surface area (Å²) in [7, 11) is 0. The van der Waals surface area contributed by atoms with Gasteiger partial charge in [0.2, 0.25) is 5.43 Å². The van der Waals surface area contributed by atoms with Crippen molar-refractivity contribution in [2.75, 3.05) is 6.54 Å². The Morgan fingerprint density at radius 2 is 2.13 bits per heavy atom. The van der Waals surface area contributed by atoms with Crippen molar-refractivity contribution in [2.45, 2.75) is 44.9 Å². The molecule has 1 aromatic carbocycles. The van der Waals surface area contributed by atoms with Gasteiger partial charge in [0.15, 0.2) is 5.75 Å². The fourth-order valence-electron chi connectivity index (χ4n) is 4.26. The zero-order valence-electron chi connectivity index (χ0n) is 16.7. The molecule has 0 spiro atoms. The first kappa shape index (κ1) is 20.1. The number of fused-ring (bicyclic) bond motifs is 2. The second-order valence-electron chi connectivity index (χ2n) is 7.95. The van der Waals surface area contributed by atoms with Crippen LogP contribution in [0.5, 0.6) is 5.75 Å². The zero-order chi connectivity index (χ0) is 21.9. The monoisotopic (exact) mass is 446 g/mol. The van der Waals surface area contributed by atoms with Gasteiger partial charge in [-0.2, -0.15) is 8.78 Å². The van der Waals surface area contributed by atoms with Crippen molar-refractivity contribution < 1.29 is 23.4 Å². The van der Waals surface area contributed by atoms with Gasteiger partial charge in [0.25, 0.3) is 0 Å². The summed E-state index contributed by atoms with van der Waals surface area (Å²) >= 11 is 1.54. The predicted octanol–water partition coefficient (Wildman–Crippen LogP) is 4.57. The van der Waals surface area contributed by atoms with E-state index < -0.39 is 18.0 Å². The van der Waals surface area contributed by atoms with Crippen LogP contribution < -0.4 is 15.5 Å². The Labute approximate surface area is 180 Å². The Kier molecular flexibility index (Phi) is 4.82. The highest BCUT2D eigenvalue weighted by Crippen LogP contribution is 2.46. The summed E-state index contributed by atoms with van der Waals surface area (Å²) in [5, 5.41) is 12.9. The molecule has 2 N–H and O–H groups in total. The maximum absolute atomic E-state index is 13.5. The highest BCUT2D eigenvalue weighted by atomic mass is 32.1. The van der Waals surface area contributed by atoms with Crippen molar-refractivity contribution >= 4 is 28.2 Å². The first-order valence-electron chi connectivity index (χ1n) is 10.1. The molecule has 2 aromatic heterocycles. The van der Waals surface area contributed by atoms with Gasteiger partial charge in [-0.25, -0.2) is 4.79 Å². The molecule has 0 radical (unpaired) electrons. The number of hydrogen-bond acceptors (Lipinski definition) is 5. The van der Waals surface area contributed by atoms with Gasteiger partial charge in [-0.05, 0) is 49.9 Å². The lowest BCUT2D eigenvalue weighted by atomic mass is 10.0. The van der Waals surface area contributed by atoms with Crippen LogP contribution in [-0.2, 0) is 6.42 Å². The SMILES string of the molecule is CC1NCCc2sc(-c3ccc4c(=O)c(C(=O)O)cn(C5CC5)c4c3OC(F)F)cc21. The number of carbonyl (C=O) groups is 1. The van der Waals surface area contributed by atoms with Crippen molar-refractivity contribution in [3.8, 4) is 16.2 Å². The van der Waals surface area contributed by atoms with Crippen LogP contribution >= 0.6 is 11.3 Å². The van der Waals surface area contributed by atoms with Gasteiger partial charge < -0.3 is 19.7 Å². The van der Waals surface area contributed by atoms with Crippen LogP contribution in [0.4, 0.5) is 8.78 Å². The number of nitrogens with zero attached hydrogens (tertiary/aromatic N) is 1. The van der Waals surface area contributed by atoms with Crippen LogP contribution in [0.1, 0.15) is 52.6 Å². The molecule has 9 heteroatoms. The van der Waals surface area contributed by atoms with Crippen LogP contribution in [0.3, 0.4) is 0 Å². The first-order valence-corrected chi connectivity index (χ1v) is 10.9. The molecule has 3 aromatic rings. The van der Waals surface area contributed by atoms with Crippen LogP contribution in [0.25, 0.3) is 21.3 Å². The summed E-state index contributed by atoms with van der Waals surface area (Å²) in [4.78, 5) is 26.4. The minimum Gasteiger partial charge on any atom is -0.477 e. The fraction of sp³-hybridized carbons (Fsp3) is 0.364. The van der Waals surface area contributed by atoms with Gasteiger partial charge in [0.05, 0.1) is 10.9 Å². The normalized spacial score (nSPS) is 18.4. The van der Waals surface area contributed by atoms with Crippen molar-refractivity contribution in [3.05, 3.63) is 50.6 Å². The number of ether oxygens (including phenoxy) is 1. The number of nitrogens with one attached hydrogen (secondary N) is 1. The maximum atomic E-state index is 13.5. The summed E-state index contributed by atoms with van der Waals surface area (Å²) in [6, 6.07) is 5.21. The molecule has 1 fully saturated rings. The molecule has 162 valence electrons. The minimum atomic E-state index is -3.08. The quantitative estimate of drug-likeness (QED) is 0.600. The molecule has 1 atom stereocenters. The number of halogens is 2. The lowest BCUT2D eigenvalue weighted by Gasteiger charge is -2.19. The van der Waals surface area contributed by atoms with E-state index in [-0.39, 0.29) is 34.3 Å².